The number of ether oxygens (including phenoxy) is 2. The summed E-state index contributed by atoms with van der Waals surface area (Å²) in [5, 5.41) is 3.14. The van der Waals surface area contributed by atoms with Crippen molar-refractivity contribution >= 4 is 17.3 Å². The van der Waals surface area contributed by atoms with E-state index in [1.54, 1.807) is 32.4 Å². The average molecular weight is 446 g/mol. The number of nitrogens with zero attached hydrogens (tertiary/aromatic N) is 2. The molecule has 3 aromatic rings. The minimum Gasteiger partial charge on any atom is -0.493 e. The number of carbonyl (C=O) groups excluding carboxylic acids is 1. The summed E-state index contributed by atoms with van der Waals surface area (Å²) in [6.07, 6.45) is 1.01. The van der Waals surface area contributed by atoms with Crippen LogP contribution in [0.25, 0.3) is 0 Å². The smallest absolute Gasteiger partial charge is 0.251 e. The predicted octanol–water partition coefficient (Wildman–Crippen LogP) is 4.30. The van der Waals surface area contributed by atoms with Crippen molar-refractivity contribution in [2.75, 3.05) is 51.2 Å². The third-order valence-corrected chi connectivity index (χ3v) is 6.20. The van der Waals surface area contributed by atoms with Crippen molar-refractivity contribution in [3.8, 4) is 11.5 Å². The lowest BCUT2D eigenvalue weighted by molar-refractivity contribution is 0.0950. The number of hydrogen-bond donors (Lipinski definition) is 1. The second-order valence-electron chi connectivity index (χ2n) is 8.35. The lowest BCUT2D eigenvalue weighted by atomic mass is 10.0. The van der Waals surface area contributed by atoms with Crippen LogP contribution in [0.1, 0.15) is 27.5 Å². The summed E-state index contributed by atoms with van der Waals surface area (Å²) >= 11 is 0. The van der Waals surface area contributed by atoms with E-state index < -0.39 is 0 Å². The first-order chi connectivity index (χ1) is 16.0. The molecule has 0 radical (unpaired) electrons. The lowest BCUT2D eigenvalue weighted by Gasteiger charge is -2.31. The molecule has 6 heteroatoms. The molecule has 0 aromatic heterocycles. The number of para-hydroxylation sites is 1. The second kappa shape index (κ2) is 9.86. The van der Waals surface area contributed by atoms with Gasteiger partial charge in [-0.15, -0.1) is 0 Å². The Bertz CT molecular complexity index is 1110. The molecular formula is C27H31N3O3. The van der Waals surface area contributed by atoms with Crippen LogP contribution >= 0.6 is 0 Å². The number of fused-ring (bicyclic) bond motifs is 1. The number of carbonyl (C=O) groups is 1. The molecule has 1 heterocycles. The molecule has 1 aliphatic rings. The highest BCUT2D eigenvalue weighted by Crippen LogP contribution is 2.35. The van der Waals surface area contributed by atoms with Crippen molar-refractivity contribution < 1.29 is 14.3 Å². The predicted molar refractivity (Wildman–Crippen MR) is 133 cm³/mol. The molecule has 1 amide bonds. The van der Waals surface area contributed by atoms with Gasteiger partial charge >= 0.3 is 0 Å². The van der Waals surface area contributed by atoms with Crippen molar-refractivity contribution in [1.82, 2.24) is 5.32 Å². The molecule has 0 fully saturated rings. The van der Waals surface area contributed by atoms with E-state index in [-0.39, 0.29) is 11.9 Å². The molecular weight excluding hydrogens is 414 g/mol. The highest BCUT2D eigenvalue weighted by molar-refractivity contribution is 5.95. The Balaban J connectivity index is 1.58. The molecule has 0 saturated carbocycles. The van der Waals surface area contributed by atoms with Crippen LogP contribution in [0.15, 0.2) is 66.7 Å². The quantitative estimate of drug-likeness (QED) is 0.560. The number of hydrogen-bond acceptors (Lipinski definition) is 5. The SMILES string of the molecule is COc1ccc(C(=O)NC[C@H](c2ccc(N(C)C)cc2)N2CCc3ccccc32)cc1OC. The molecule has 0 aliphatic carbocycles. The maximum Gasteiger partial charge on any atom is 0.251 e. The molecule has 33 heavy (non-hydrogen) atoms. The largest absolute Gasteiger partial charge is 0.493 e. The van der Waals surface area contributed by atoms with Gasteiger partial charge in [-0.05, 0) is 53.9 Å². The van der Waals surface area contributed by atoms with Gasteiger partial charge in [-0.3, -0.25) is 4.79 Å². The molecule has 1 atom stereocenters. The van der Waals surface area contributed by atoms with Crippen LogP contribution in [0.2, 0.25) is 0 Å². The van der Waals surface area contributed by atoms with Gasteiger partial charge in [0.25, 0.3) is 5.91 Å². The topological polar surface area (TPSA) is 54.0 Å². The first kappa shape index (κ1) is 22.5. The van der Waals surface area contributed by atoms with Crippen molar-refractivity contribution in [2.24, 2.45) is 0 Å². The normalized spacial score (nSPS) is 13.3. The number of nitrogens with one attached hydrogen (secondary N) is 1. The van der Waals surface area contributed by atoms with E-state index in [9.17, 15) is 4.79 Å². The highest BCUT2D eigenvalue weighted by atomic mass is 16.5. The van der Waals surface area contributed by atoms with E-state index in [0.29, 0.717) is 23.6 Å². The van der Waals surface area contributed by atoms with Crippen LogP contribution < -0.4 is 24.6 Å². The fourth-order valence-electron chi connectivity index (χ4n) is 4.36. The summed E-state index contributed by atoms with van der Waals surface area (Å²) in [5.74, 6) is 0.995. The van der Waals surface area contributed by atoms with E-state index in [0.717, 1.165) is 18.7 Å². The maximum atomic E-state index is 13.0. The van der Waals surface area contributed by atoms with Gasteiger partial charge in [0.05, 0.1) is 20.3 Å². The van der Waals surface area contributed by atoms with Crippen LogP contribution in [0.5, 0.6) is 11.5 Å². The molecule has 4 rings (SSSR count). The van der Waals surface area contributed by atoms with Crippen LogP contribution in [-0.2, 0) is 6.42 Å². The Hall–Kier alpha value is -3.67. The van der Waals surface area contributed by atoms with Crippen LogP contribution in [0.4, 0.5) is 11.4 Å². The minimum atomic E-state index is -0.140. The van der Waals surface area contributed by atoms with Gasteiger partial charge in [-0.1, -0.05) is 30.3 Å². The average Bonchev–Trinajstić information content (AvgIpc) is 3.28. The summed E-state index contributed by atoms with van der Waals surface area (Å²) in [6.45, 7) is 1.41. The molecule has 3 aromatic carbocycles. The molecule has 1 aliphatic heterocycles. The Morgan fingerprint density at radius 1 is 1.00 bits per heavy atom. The van der Waals surface area contributed by atoms with Gasteiger partial charge in [0.2, 0.25) is 0 Å². The first-order valence-electron chi connectivity index (χ1n) is 11.1. The standard InChI is InChI=1S/C27H31N3O3/c1-29(2)22-12-9-20(10-13-22)24(30-16-15-19-7-5-6-8-23(19)30)18-28-27(31)21-11-14-25(32-3)26(17-21)33-4/h5-14,17,24H,15-16,18H2,1-4H3,(H,28,31)/t24-/m1/s1. The summed E-state index contributed by atoms with van der Waals surface area (Å²) in [5.41, 5.74) is 5.44. The number of amides is 1. The zero-order chi connectivity index (χ0) is 23.4. The van der Waals surface area contributed by atoms with E-state index in [1.807, 2.05) is 14.1 Å². The summed E-state index contributed by atoms with van der Waals surface area (Å²) in [6, 6.07) is 22.3. The second-order valence-corrected chi connectivity index (χ2v) is 8.35. The Kier molecular flexibility index (Phi) is 6.73. The van der Waals surface area contributed by atoms with Gasteiger partial charge < -0.3 is 24.6 Å². The molecule has 172 valence electrons. The third kappa shape index (κ3) is 4.75. The summed E-state index contributed by atoms with van der Waals surface area (Å²) in [7, 11) is 7.22. The number of rotatable bonds is 8. The molecule has 0 spiro atoms. The van der Waals surface area contributed by atoms with E-state index in [4.69, 9.17) is 9.47 Å². The van der Waals surface area contributed by atoms with Gasteiger partial charge in [-0.25, -0.2) is 0 Å². The number of methoxy groups -OCH3 is 2. The lowest BCUT2D eigenvalue weighted by Crippen LogP contribution is -2.37. The first-order valence-corrected chi connectivity index (χ1v) is 11.1. The maximum absolute atomic E-state index is 13.0. The van der Waals surface area contributed by atoms with Gasteiger partial charge in [-0.2, -0.15) is 0 Å². The fourth-order valence-corrected chi connectivity index (χ4v) is 4.36. The molecule has 6 nitrogen and oxygen atoms in total. The molecule has 0 bridgehead atoms. The van der Waals surface area contributed by atoms with Crippen molar-refractivity contribution in [3.63, 3.8) is 0 Å². The Morgan fingerprint density at radius 3 is 2.42 bits per heavy atom. The number of benzene rings is 3. The monoisotopic (exact) mass is 445 g/mol. The fraction of sp³-hybridized carbons (Fsp3) is 0.296. The Labute approximate surface area is 195 Å². The molecule has 0 unspecified atom stereocenters. The zero-order valence-corrected chi connectivity index (χ0v) is 19.7. The summed E-state index contributed by atoms with van der Waals surface area (Å²) < 4.78 is 10.6. The van der Waals surface area contributed by atoms with E-state index in [1.165, 1.54) is 16.8 Å². The van der Waals surface area contributed by atoms with Gasteiger partial charge in [0, 0.05) is 44.1 Å². The van der Waals surface area contributed by atoms with Crippen molar-refractivity contribution in [3.05, 3.63) is 83.4 Å². The van der Waals surface area contributed by atoms with Crippen molar-refractivity contribution in [2.45, 2.75) is 12.5 Å². The minimum absolute atomic E-state index is 0.0222. The zero-order valence-electron chi connectivity index (χ0n) is 19.7. The number of anilines is 2. The van der Waals surface area contributed by atoms with Crippen molar-refractivity contribution in [1.29, 1.82) is 0 Å². The molecule has 0 saturated heterocycles. The van der Waals surface area contributed by atoms with Crippen LogP contribution in [-0.4, -0.2) is 47.3 Å². The van der Waals surface area contributed by atoms with Gasteiger partial charge in [0.1, 0.15) is 0 Å². The summed E-state index contributed by atoms with van der Waals surface area (Å²) in [4.78, 5) is 17.5. The third-order valence-electron chi connectivity index (χ3n) is 6.20. The van der Waals surface area contributed by atoms with Crippen LogP contribution in [0.3, 0.4) is 0 Å². The van der Waals surface area contributed by atoms with E-state index in [2.05, 4.69) is 63.6 Å². The van der Waals surface area contributed by atoms with Gasteiger partial charge in [0.15, 0.2) is 11.5 Å². The van der Waals surface area contributed by atoms with E-state index >= 15 is 0 Å². The highest BCUT2D eigenvalue weighted by Gasteiger charge is 2.27. The molecule has 1 N–H and O–H groups in total. The Morgan fingerprint density at radius 2 is 1.73 bits per heavy atom. The van der Waals surface area contributed by atoms with Crippen LogP contribution in [0, 0.1) is 0 Å².